The molecule has 0 aromatic heterocycles. The van der Waals surface area contributed by atoms with Crippen molar-refractivity contribution in [3.05, 3.63) is 95.3 Å². The summed E-state index contributed by atoms with van der Waals surface area (Å²) in [5.41, 5.74) is 4.91. The Morgan fingerprint density at radius 1 is 0.733 bits per heavy atom. The molecule has 30 heavy (non-hydrogen) atoms. The molecule has 0 bridgehead atoms. The number of methoxy groups -OCH3 is 1. The predicted octanol–water partition coefficient (Wildman–Crippen LogP) is 3.16. The summed E-state index contributed by atoms with van der Waals surface area (Å²) in [7, 11) is 1.52. The molecule has 0 radical (unpaired) electrons. The van der Waals surface area contributed by atoms with Gasteiger partial charge in [-0.2, -0.15) is 0 Å². The van der Waals surface area contributed by atoms with E-state index in [2.05, 4.69) is 16.2 Å². The van der Waals surface area contributed by atoms with E-state index in [9.17, 15) is 18.8 Å². The van der Waals surface area contributed by atoms with Crippen molar-refractivity contribution in [3.8, 4) is 5.75 Å². The Kier molecular flexibility index (Phi) is 6.39. The van der Waals surface area contributed by atoms with E-state index >= 15 is 0 Å². The molecule has 152 valence electrons. The molecule has 0 aliphatic heterocycles. The second kappa shape index (κ2) is 9.33. The summed E-state index contributed by atoms with van der Waals surface area (Å²) in [5, 5.41) is 2.66. The third-order valence-electron chi connectivity index (χ3n) is 4.18. The molecule has 3 aromatic rings. The van der Waals surface area contributed by atoms with Gasteiger partial charge in [0.2, 0.25) is 0 Å². The van der Waals surface area contributed by atoms with Crippen molar-refractivity contribution in [2.24, 2.45) is 0 Å². The Morgan fingerprint density at radius 2 is 1.30 bits per heavy atom. The molecular weight excluding hydrogens is 389 g/mol. The van der Waals surface area contributed by atoms with Crippen LogP contribution in [-0.2, 0) is 0 Å². The summed E-state index contributed by atoms with van der Waals surface area (Å²) >= 11 is 0. The molecule has 3 aromatic carbocycles. The average molecular weight is 407 g/mol. The first-order valence-electron chi connectivity index (χ1n) is 8.89. The number of carbonyl (C=O) groups is 3. The molecule has 7 nitrogen and oxygen atoms in total. The summed E-state index contributed by atoms with van der Waals surface area (Å²) in [6.45, 7) is 0. The van der Waals surface area contributed by atoms with Gasteiger partial charge in [-0.15, -0.1) is 0 Å². The van der Waals surface area contributed by atoms with E-state index in [-0.39, 0.29) is 16.8 Å². The summed E-state index contributed by atoms with van der Waals surface area (Å²) in [4.78, 5) is 37.0. The van der Waals surface area contributed by atoms with Gasteiger partial charge in [-0.05, 0) is 48.5 Å². The minimum atomic E-state index is -0.804. The van der Waals surface area contributed by atoms with Gasteiger partial charge >= 0.3 is 0 Å². The molecule has 3 rings (SSSR count). The lowest BCUT2D eigenvalue weighted by Crippen LogP contribution is -2.42. The SMILES string of the molecule is COc1ccc(C(=O)Nc2ccccc2C(=O)NNC(=O)c2ccccc2F)cc1. The number of benzene rings is 3. The van der Waals surface area contributed by atoms with Crippen LogP contribution in [0.4, 0.5) is 10.1 Å². The Balaban J connectivity index is 1.69. The van der Waals surface area contributed by atoms with Gasteiger partial charge in [0.1, 0.15) is 11.6 Å². The molecule has 0 fully saturated rings. The van der Waals surface area contributed by atoms with Gasteiger partial charge in [-0.3, -0.25) is 25.2 Å². The van der Waals surface area contributed by atoms with Crippen molar-refractivity contribution in [1.29, 1.82) is 0 Å². The zero-order valence-corrected chi connectivity index (χ0v) is 15.9. The van der Waals surface area contributed by atoms with Crippen molar-refractivity contribution < 1.29 is 23.5 Å². The number of amides is 3. The number of hydrogen-bond acceptors (Lipinski definition) is 4. The highest BCUT2D eigenvalue weighted by Crippen LogP contribution is 2.17. The molecule has 0 atom stereocenters. The van der Waals surface area contributed by atoms with Gasteiger partial charge in [0.05, 0.1) is 23.9 Å². The fraction of sp³-hybridized carbons (Fsp3) is 0.0455. The molecule has 0 unspecified atom stereocenters. The van der Waals surface area contributed by atoms with E-state index in [0.29, 0.717) is 11.3 Å². The Morgan fingerprint density at radius 3 is 1.93 bits per heavy atom. The van der Waals surface area contributed by atoms with Crippen molar-refractivity contribution in [1.82, 2.24) is 10.9 Å². The van der Waals surface area contributed by atoms with Crippen molar-refractivity contribution in [2.45, 2.75) is 0 Å². The first kappa shape index (κ1) is 20.5. The lowest BCUT2D eigenvalue weighted by Gasteiger charge is -2.12. The molecule has 8 heteroatoms. The average Bonchev–Trinajstić information content (AvgIpc) is 2.78. The summed E-state index contributed by atoms with van der Waals surface area (Å²) in [6.07, 6.45) is 0. The Bertz CT molecular complexity index is 1080. The smallest absolute Gasteiger partial charge is 0.272 e. The van der Waals surface area contributed by atoms with Crippen LogP contribution in [0.25, 0.3) is 0 Å². The van der Waals surface area contributed by atoms with Crippen LogP contribution in [0.1, 0.15) is 31.1 Å². The lowest BCUT2D eigenvalue weighted by molar-refractivity contribution is 0.0844. The highest BCUT2D eigenvalue weighted by atomic mass is 19.1. The summed E-state index contributed by atoms with van der Waals surface area (Å²) in [5.74, 6) is -2.01. The number of para-hydroxylation sites is 1. The maximum Gasteiger partial charge on any atom is 0.272 e. The topological polar surface area (TPSA) is 96.5 Å². The van der Waals surface area contributed by atoms with E-state index in [4.69, 9.17) is 4.74 Å². The van der Waals surface area contributed by atoms with Crippen LogP contribution in [0.15, 0.2) is 72.8 Å². The maximum atomic E-state index is 13.7. The number of nitrogens with one attached hydrogen (secondary N) is 3. The number of hydrogen-bond donors (Lipinski definition) is 3. The molecule has 0 heterocycles. The zero-order valence-electron chi connectivity index (χ0n) is 15.9. The largest absolute Gasteiger partial charge is 0.497 e. The van der Waals surface area contributed by atoms with E-state index in [0.717, 1.165) is 6.07 Å². The fourth-order valence-electron chi connectivity index (χ4n) is 2.62. The van der Waals surface area contributed by atoms with Crippen LogP contribution < -0.4 is 20.9 Å². The first-order chi connectivity index (χ1) is 14.5. The van der Waals surface area contributed by atoms with Gasteiger partial charge in [0, 0.05) is 5.56 Å². The molecule has 0 aliphatic carbocycles. The molecule has 3 amide bonds. The second-order valence-corrected chi connectivity index (χ2v) is 6.12. The van der Waals surface area contributed by atoms with Crippen molar-refractivity contribution >= 4 is 23.4 Å². The normalized spacial score (nSPS) is 10.1. The molecule has 0 aliphatic rings. The van der Waals surface area contributed by atoms with Gasteiger partial charge in [-0.25, -0.2) is 4.39 Å². The van der Waals surface area contributed by atoms with Crippen LogP contribution in [0, 0.1) is 5.82 Å². The number of halogens is 1. The van der Waals surface area contributed by atoms with Crippen molar-refractivity contribution in [2.75, 3.05) is 12.4 Å². The number of rotatable bonds is 5. The highest BCUT2D eigenvalue weighted by molar-refractivity contribution is 6.09. The predicted molar refractivity (Wildman–Crippen MR) is 109 cm³/mol. The van der Waals surface area contributed by atoms with Crippen LogP contribution in [0.5, 0.6) is 5.75 Å². The lowest BCUT2D eigenvalue weighted by atomic mass is 10.1. The number of anilines is 1. The minimum Gasteiger partial charge on any atom is -0.497 e. The zero-order chi connectivity index (χ0) is 21.5. The molecule has 0 spiro atoms. The number of ether oxygens (including phenoxy) is 1. The summed E-state index contributed by atoms with van der Waals surface area (Å²) in [6, 6.07) is 18.1. The fourth-order valence-corrected chi connectivity index (χ4v) is 2.62. The second-order valence-electron chi connectivity index (χ2n) is 6.12. The van der Waals surface area contributed by atoms with E-state index in [1.165, 1.54) is 31.4 Å². The van der Waals surface area contributed by atoms with Crippen molar-refractivity contribution in [3.63, 3.8) is 0 Å². The number of hydrazine groups is 1. The van der Waals surface area contributed by atoms with Gasteiger partial charge in [0.25, 0.3) is 17.7 Å². The van der Waals surface area contributed by atoms with Crippen LogP contribution >= 0.6 is 0 Å². The Labute approximate surface area is 171 Å². The molecular formula is C22H18FN3O4. The molecule has 3 N–H and O–H groups in total. The van der Waals surface area contributed by atoms with E-state index in [1.807, 2.05) is 0 Å². The quantitative estimate of drug-likeness (QED) is 0.566. The highest BCUT2D eigenvalue weighted by Gasteiger charge is 2.16. The van der Waals surface area contributed by atoms with Crippen LogP contribution in [0.2, 0.25) is 0 Å². The molecule has 0 saturated carbocycles. The first-order valence-corrected chi connectivity index (χ1v) is 8.89. The molecule has 0 saturated heterocycles. The third-order valence-corrected chi connectivity index (χ3v) is 4.18. The summed E-state index contributed by atoms with van der Waals surface area (Å²) < 4.78 is 18.7. The maximum absolute atomic E-state index is 13.7. The van der Waals surface area contributed by atoms with Gasteiger partial charge in [0.15, 0.2) is 0 Å². The van der Waals surface area contributed by atoms with E-state index < -0.39 is 23.5 Å². The van der Waals surface area contributed by atoms with Crippen LogP contribution in [-0.4, -0.2) is 24.8 Å². The third kappa shape index (κ3) is 4.79. The number of carbonyl (C=O) groups excluding carboxylic acids is 3. The monoisotopic (exact) mass is 407 g/mol. The van der Waals surface area contributed by atoms with Gasteiger partial charge < -0.3 is 10.1 Å². The Hall–Kier alpha value is -4.20. The standard InChI is InChI=1S/C22H18FN3O4/c1-30-15-12-10-14(11-13-15)20(27)24-19-9-5-3-7-17(19)22(29)26-25-21(28)16-6-2-4-8-18(16)23/h2-13H,1H3,(H,24,27)(H,25,28)(H,26,29). The minimum absolute atomic E-state index is 0.119. The van der Waals surface area contributed by atoms with Crippen LogP contribution in [0.3, 0.4) is 0 Å². The van der Waals surface area contributed by atoms with E-state index in [1.54, 1.807) is 42.5 Å². The van der Waals surface area contributed by atoms with Gasteiger partial charge in [-0.1, -0.05) is 24.3 Å².